The first-order valence-corrected chi connectivity index (χ1v) is 13.9. The number of benzene rings is 6. The minimum Gasteiger partial charge on any atom is -0.456 e. The summed E-state index contributed by atoms with van der Waals surface area (Å²) in [7, 11) is 0. The van der Waals surface area contributed by atoms with Gasteiger partial charge in [0.1, 0.15) is 11.2 Å². The Kier molecular flexibility index (Phi) is 4.91. The molecule has 4 nitrogen and oxygen atoms in total. The number of nitrogens with zero attached hydrogens (tertiary/aromatic N) is 3. The fourth-order valence-corrected chi connectivity index (χ4v) is 5.29. The molecule has 0 N–H and O–H groups in total. The summed E-state index contributed by atoms with van der Waals surface area (Å²) < 4.78 is 47.3. The first-order chi connectivity index (χ1) is 23.4. The molecule has 43 heavy (non-hydrogen) atoms. The van der Waals surface area contributed by atoms with Gasteiger partial charge in [0.25, 0.3) is 0 Å². The lowest BCUT2D eigenvalue weighted by atomic mass is 10.0. The van der Waals surface area contributed by atoms with Gasteiger partial charge in [-0.25, -0.2) is 15.0 Å². The average Bonchev–Trinajstić information content (AvgIpc) is 3.51. The molecule has 6 aromatic carbocycles. The maximum Gasteiger partial charge on any atom is 0.164 e. The summed E-state index contributed by atoms with van der Waals surface area (Å²) in [4.78, 5) is 14.7. The summed E-state index contributed by atoms with van der Waals surface area (Å²) in [6.07, 6.45) is 0. The molecule has 0 radical (unpaired) electrons. The number of hydrogen-bond donors (Lipinski definition) is 0. The van der Waals surface area contributed by atoms with E-state index in [0.717, 1.165) is 38.6 Å². The topological polar surface area (TPSA) is 51.8 Å². The molecular weight excluding hydrogens is 526 g/mol. The molecule has 0 spiro atoms. The van der Waals surface area contributed by atoms with Crippen LogP contribution in [0.25, 0.3) is 78.4 Å². The first kappa shape index (κ1) is 20.1. The quantitative estimate of drug-likeness (QED) is 0.212. The highest BCUT2D eigenvalue weighted by Crippen LogP contribution is 2.35. The van der Waals surface area contributed by atoms with E-state index in [-0.39, 0.29) is 29.7 Å². The third-order valence-corrected chi connectivity index (χ3v) is 7.41. The van der Waals surface area contributed by atoms with Gasteiger partial charge < -0.3 is 4.42 Å². The van der Waals surface area contributed by atoms with E-state index in [1.165, 1.54) is 0 Å². The molecule has 0 fully saturated rings. The van der Waals surface area contributed by atoms with Crippen LogP contribution in [0.2, 0.25) is 0 Å². The van der Waals surface area contributed by atoms with Crippen LogP contribution in [-0.2, 0) is 0 Å². The van der Waals surface area contributed by atoms with Crippen molar-refractivity contribution in [3.63, 3.8) is 0 Å². The molecule has 2 aromatic heterocycles. The Balaban J connectivity index is 1.25. The zero-order valence-corrected chi connectivity index (χ0v) is 22.8. The molecule has 0 aliphatic rings. The van der Waals surface area contributed by atoms with Gasteiger partial charge in [-0.05, 0) is 52.6 Å². The fraction of sp³-hybridized carbons (Fsp3) is 0. The van der Waals surface area contributed by atoms with Gasteiger partial charge in [0.05, 0.1) is 6.85 Å². The molecule has 202 valence electrons. The van der Waals surface area contributed by atoms with Crippen LogP contribution in [0.1, 0.15) is 6.85 Å². The summed E-state index contributed by atoms with van der Waals surface area (Å²) in [5.74, 6) is 1.59. The Morgan fingerprint density at radius 1 is 0.395 bits per heavy atom. The van der Waals surface area contributed by atoms with Gasteiger partial charge in [0.2, 0.25) is 0 Å². The van der Waals surface area contributed by atoms with Crippen molar-refractivity contribution in [3.05, 3.63) is 152 Å². The Labute approximate surface area is 256 Å². The van der Waals surface area contributed by atoms with E-state index in [1.54, 1.807) is 12.1 Å². The standard InChI is InChI=1S/C39H25N3O/c1-4-11-26(12-5-1)29-17-10-18-31(23-29)38-40-37(28-15-8-3-9-16-28)41-39(42-38)32-19-21-33-34-24-30(27-13-6-2-7-14-27)20-22-35(34)43-36(33)25-32/h1-25H/i2D,6D,7D,13D,14D. The lowest BCUT2D eigenvalue weighted by Crippen LogP contribution is -2.00. The second-order valence-electron chi connectivity index (χ2n) is 10.1. The molecule has 0 aliphatic carbocycles. The van der Waals surface area contributed by atoms with Crippen LogP contribution in [0.5, 0.6) is 0 Å². The highest BCUT2D eigenvalue weighted by atomic mass is 16.3. The van der Waals surface area contributed by atoms with Crippen molar-refractivity contribution in [2.45, 2.75) is 0 Å². The number of rotatable bonds is 5. The van der Waals surface area contributed by atoms with E-state index in [1.807, 2.05) is 84.9 Å². The highest BCUT2D eigenvalue weighted by Gasteiger charge is 2.15. The molecular formula is C39H25N3O. The van der Waals surface area contributed by atoms with Crippen molar-refractivity contribution in [2.75, 3.05) is 0 Å². The summed E-state index contributed by atoms with van der Waals surface area (Å²) in [5.41, 5.74) is 6.51. The summed E-state index contributed by atoms with van der Waals surface area (Å²) in [6, 6.07) is 37.5. The van der Waals surface area contributed by atoms with E-state index in [0.29, 0.717) is 34.2 Å². The normalized spacial score (nSPS) is 12.9. The Hall–Kier alpha value is -5.87. The molecule has 8 rings (SSSR count). The van der Waals surface area contributed by atoms with Crippen molar-refractivity contribution >= 4 is 21.9 Å². The van der Waals surface area contributed by atoms with E-state index in [2.05, 4.69) is 24.3 Å². The Bertz CT molecular complexity index is 2490. The van der Waals surface area contributed by atoms with Gasteiger partial charge in [0, 0.05) is 27.5 Å². The van der Waals surface area contributed by atoms with Gasteiger partial charge >= 0.3 is 0 Å². The van der Waals surface area contributed by atoms with E-state index >= 15 is 0 Å². The van der Waals surface area contributed by atoms with Crippen molar-refractivity contribution in [2.24, 2.45) is 0 Å². The summed E-state index contributed by atoms with van der Waals surface area (Å²) in [5, 5.41) is 1.58. The molecule has 0 atom stereocenters. The Morgan fingerprint density at radius 3 is 1.72 bits per heavy atom. The molecule has 4 heteroatoms. The smallest absolute Gasteiger partial charge is 0.164 e. The van der Waals surface area contributed by atoms with Gasteiger partial charge in [-0.1, -0.05) is 121 Å². The van der Waals surface area contributed by atoms with E-state index in [9.17, 15) is 0 Å². The minimum absolute atomic E-state index is 0.149. The molecule has 0 saturated carbocycles. The number of furan rings is 1. The van der Waals surface area contributed by atoms with Crippen LogP contribution in [-0.4, -0.2) is 15.0 Å². The van der Waals surface area contributed by atoms with Crippen LogP contribution >= 0.6 is 0 Å². The van der Waals surface area contributed by atoms with Crippen molar-refractivity contribution in [3.8, 4) is 56.4 Å². The van der Waals surface area contributed by atoms with Crippen LogP contribution in [0.4, 0.5) is 0 Å². The molecule has 0 unspecified atom stereocenters. The average molecular weight is 557 g/mol. The second-order valence-corrected chi connectivity index (χ2v) is 10.1. The van der Waals surface area contributed by atoms with Gasteiger partial charge in [-0.3, -0.25) is 0 Å². The number of hydrogen-bond acceptors (Lipinski definition) is 4. The summed E-state index contributed by atoms with van der Waals surface area (Å²) >= 11 is 0. The van der Waals surface area contributed by atoms with Gasteiger partial charge in [-0.15, -0.1) is 0 Å². The minimum atomic E-state index is -0.420. The lowest BCUT2D eigenvalue weighted by Gasteiger charge is -2.09. The highest BCUT2D eigenvalue weighted by molar-refractivity contribution is 6.07. The third kappa shape index (κ3) is 4.75. The van der Waals surface area contributed by atoms with Gasteiger partial charge in [-0.2, -0.15) is 0 Å². The largest absolute Gasteiger partial charge is 0.456 e. The van der Waals surface area contributed by atoms with E-state index < -0.39 is 6.04 Å². The van der Waals surface area contributed by atoms with E-state index in [4.69, 9.17) is 26.2 Å². The van der Waals surface area contributed by atoms with Gasteiger partial charge in [0.15, 0.2) is 17.5 Å². The molecule has 2 heterocycles. The molecule has 0 saturated heterocycles. The van der Waals surface area contributed by atoms with Crippen LogP contribution < -0.4 is 0 Å². The molecule has 0 bridgehead atoms. The maximum atomic E-state index is 8.43. The second kappa shape index (κ2) is 10.5. The van der Waals surface area contributed by atoms with Crippen molar-refractivity contribution in [1.82, 2.24) is 15.0 Å². The monoisotopic (exact) mass is 556 g/mol. The lowest BCUT2D eigenvalue weighted by molar-refractivity contribution is 0.669. The molecule has 0 aliphatic heterocycles. The Morgan fingerprint density at radius 2 is 0.977 bits per heavy atom. The predicted molar refractivity (Wildman–Crippen MR) is 174 cm³/mol. The van der Waals surface area contributed by atoms with Crippen LogP contribution in [0.3, 0.4) is 0 Å². The van der Waals surface area contributed by atoms with Crippen LogP contribution in [0.15, 0.2) is 156 Å². The first-order valence-electron chi connectivity index (χ1n) is 16.4. The summed E-state index contributed by atoms with van der Waals surface area (Å²) in [6.45, 7) is 0. The zero-order valence-electron chi connectivity index (χ0n) is 27.8. The molecule has 0 amide bonds. The predicted octanol–water partition coefficient (Wildman–Crippen LogP) is 10.1. The third-order valence-electron chi connectivity index (χ3n) is 7.41. The number of fused-ring (bicyclic) bond motifs is 3. The molecule has 8 aromatic rings. The zero-order chi connectivity index (χ0) is 32.9. The number of aromatic nitrogens is 3. The van der Waals surface area contributed by atoms with Crippen molar-refractivity contribution in [1.29, 1.82) is 0 Å². The van der Waals surface area contributed by atoms with Crippen LogP contribution in [0, 0.1) is 0 Å². The SMILES string of the molecule is [2H]c1c([2H])c([2H])c(-c2ccc3oc4cc(-c5nc(-c6ccccc6)nc(-c6cccc(-c7ccccc7)c6)n5)ccc4c3c2)c([2H])c1[2H]. The van der Waals surface area contributed by atoms with Crippen molar-refractivity contribution < 1.29 is 11.3 Å². The fourth-order valence-electron chi connectivity index (χ4n) is 5.29. The maximum absolute atomic E-state index is 8.43.